The van der Waals surface area contributed by atoms with Crippen LogP contribution in [-0.2, 0) is 6.42 Å². The van der Waals surface area contributed by atoms with Crippen molar-refractivity contribution in [3.8, 4) is 0 Å². The smallest absolute Gasteiger partial charge is 0.191 e. The van der Waals surface area contributed by atoms with Gasteiger partial charge in [0.1, 0.15) is 5.82 Å². The van der Waals surface area contributed by atoms with E-state index in [1.165, 1.54) is 18.2 Å². The summed E-state index contributed by atoms with van der Waals surface area (Å²) >= 11 is 5.88. The Bertz CT molecular complexity index is 591. The number of H-pyrrole nitrogens is 1. The molecular formula is C12H11ClFNO. The van der Waals surface area contributed by atoms with Crippen LogP contribution in [0.5, 0.6) is 0 Å². The van der Waals surface area contributed by atoms with Gasteiger partial charge in [-0.1, -0.05) is 24.9 Å². The Hall–Kier alpha value is -1.35. The number of hydrogen-bond acceptors (Lipinski definition) is 1. The van der Waals surface area contributed by atoms with Crippen LogP contribution < -0.4 is 5.43 Å². The van der Waals surface area contributed by atoms with Crippen molar-refractivity contribution in [2.75, 3.05) is 0 Å². The molecule has 84 valence electrons. The van der Waals surface area contributed by atoms with Crippen molar-refractivity contribution in [1.82, 2.24) is 4.98 Å². The van der Waals surface area contributed by atoms with Crippen LogP contribution in [0, 0.1) is 5.82 Å². The third-order valence-electron chi connectivity index (χ3n) is 2.46. The Kier molecular flexibility index (Phi) is 2.97. The van der Waals surface area contributed by atoms with E-state index in [0.29, 0.717) is 0 Å². The summed E-state index contributed by atoms with van der Waals surface area (Å²) in [7, 11) is 0. The van der Waals surface area contributed by atoms with Gasteiger partial charge in [0, 0.05) is 11.8 Å². The van der Waals surface area contributed by atoms with Crippen LogP contribution in [0.2, 0.25) is 5.02 Å². The number of rotatable bonds is 2. The lowest BCUT2D eigenvalue weighted by Gasteiger charge is -2.05. The van der Waals surface area contributed by atoms with E-state index in [1.54, 1.807) is 0 Å². The van der Waals surface area contributed by atoms with Crippen LogP contribution in [0.25, 0.3) is 10.9 Å². The maximum Gasteiger partial charge on any atom is 0.191 e. The van der Waals surface area contributed by atoms with E-state index in [-0.39, 0.29) is 21.4 Å². The SMILES string of the molecule is CCCc1cc(=O)c2c(Cl)ccc(F)c2[nH]1. The number of pyridine rings is 1. The molecule has 2 nitrogen and oxygen atoms in total. The summed E-state index contributed by atoms with van der Waals surface area (Å²) in [5.41, 5.74) is 0.700. The fourth-order valence-corrected chi connectivity index (χ4v) is 2.00. The summed E-state index contributed by atoms with van der Waals surface area (Å²) in [5, 5.41) is 0.502. The zero-order chi connectivity index (χ0) is 11.7. The molecule has 0 amide bonds. The third kappa shape index (κ3) is 1.83. The lowest BCUT2D eigenvalue weighted by Crippen LogP contribution is -2.06. The number of hydrogen-bond donors (Lipinski definition) is 1. The molecule has 1 heterocycles. The summed E-state index contributed by atoms with van der Waals surface area (Å²) < 4.78 is 13.5. The zero-order valence-electron chi connectivity index (χ0n) is 8.81. The van der Waals surface area contributed by atoms with Gasteiger partial charge in [0.05, 0.1) is 15.9 Å². The lowest BCUT2D eigenvalue weighted by molar-refractivity contribution is 0.636. The van der Waals surface area contributed by atoms with Gasteiger partial charge in [-0.25, -0.2) is 4.39 Å². The maximum absolute atomic E-state index is 13.5. The Labute approximate surface area is 97.1 Å². The maximum atomic E-state index is 13.5. The van der Waals surface area contributed by atoms with E-state index in [2.05, 4.69) is 4.98 Å². The fourth-order valence-electron chi connectivity index (χ4n) is 1.75. The van der Waals surface area contributed by atoms with Crippen LogP contribution >= 0.6 is 11.6 Å². The lowest BCUT2D eigenvalue weighted by atomic mass is 10.1. The van der Waals surface area contributed by atoms with Crippen LogP contribution in [0.4, 0.5) is 4.39 Å². The Morgan fingerprint density at radius 2 is 2.19 bits per heavy atom. The number of benzene rings is 1. The van der Waals surface area contributed by atoms with Gasteiger partial charge < -0.3 is 4.98 Å². The minimum Gasteiger partial charge on any atom is -0.356 e. The number of fused-ring (bicyclic) bond motifs is 1. The Balaban J connectivity index is 2.81. The normalized spacial score (nSPS) is 10.9. The van der Waals surface area contributed by atoms with E-state index in [0.717, 1.165) is 18.5 Å². The Morgan fingerprint density at radius 3 is 2.88 bits per heavy atom. The third-order valence-corrected chi connectivity index (χ3v) is 2.78. The van der Waals surface area contributed by atoms with Gasteiger partial charge in [0.25, 0.3) is 0 Å². The number of halogens is 2. The second kappa shape index (κ2) is 4.26. The van der Waals surface area contributed by atoms with Crippen LogP contribution in [-0.4, -0.2) is 4.98 Å². The molecule has 1 N–H and O–H groups in total. The summed E-state index contributed by atoms with van der Waals surface area (Å²) in [6.45, 7) is 2.00. The van der Waals surface area contributed by atoms with Crippen molar-refractivity contribution < 1.29 is 4.39 Å². The van der Waals surface area contributed by atoms with Crippen molar-refractivity contribution in [3.05, 3.63) is 45.0 Å². The van der Waals surface area contributed by atoms with Gasteiger partial charge >= 0.3 is 0 Å². The zero-order valence-corrected chi connectivity index (χ0v) is 9.57. The van der Waals surface area contributed by atoms with E-state index in [9.17, 15) is 9.18 Å². The molecule has 0 spiro atoms. The second-order valence-electron chi connectivity index (χ2n) is 3.69. The van der Waals surface area contributed by atoms with E-state index >= 15 is 0 Å². The molecule has 0 atom stereocenters. The number of nitrogens with one attached hydrogen (secondary N) is 1. The first-order chi connectivity index (χ1) is 7.63. The predicted molar refractivity (Wildman–Crippen MR) is 63.5 cm³/mol. The first-order valence-electron chi connectivity index (χ1n) is 5.13. The molecule has 0 unspecified atom stereocenters. The molecule has 4 heteroatoms. The predicted octanol–water partition coefficient (Wildman–Crippen LogP) is 3.27. The van der Waals surface area contributed by atoms with Gasteiger partial charge in [-0.3, -0.25) is 4.79 Å². The molecule has 1 aromatic heterocycles. The van der Waals surface area contributed by atoms with Crippen molar-refractivity contribution >= 4 is 22.5 Å². The first-order valence-corrected chi connectivity index (χ1v) is 5.51. The summed E-state index contributed by atoms with van der Waals surface area (Å²) in [6.07, 6.45) is 1.61. The van der Waals surface area contributed by atoms with Crippen molar-refractivity contribution in [2.24, 2.45) is 0 Å². The quantitative estimate of drug-likeness (QED) is 0.857. The van der Waals surface area contributed by atoms with E-state index < -0.39 is 5.82 Å². The molecule has 0 aliphatic rings. The average Bonchev–Trinajstić information content (AvgIpc) is 2.23. The number of aromatic amines is 1. The molecule has 2 rings (SSSR count). The molecule has 0 saturated heterocycles. The summed E-state index contributed by atoms with van der Waals surface area (Å²) in [6, 6.07) is 4.14. The molecular weight excluding hydrogens is 229 g/mol. The van der Waals surface area contributed by atoms with Crippen molar-refractivity contribution in [3.63, 3.8) is 0 Å². The highest BCUT2D eigenvalue weighted by Crippen LogP contribution is 2.21. The van der Waals surface area contributed by atoms with Crippen molar-refractivity contribution in [1.29, 1.82) is 0 Å². The van der Waals surface area contributed by atoms with Gasteiger partial charge in [-0.2, -0.15) is 0 Å². The molecule has 1 aromatic carbocycles. The first kappa shape index (κ1) is 11.1. The monoisotopic (exact) mass is 239 g/mol. The van der Waals surface area contributed by atoms with Gasteiger partial charge in [-0.15, -0.1) is 0 Å². The van der Waals surface area contributed by atoms with Crippen LogP contribution in [0.1, 0.15) is 19.0 Å². The van der Waals surface area contributed by atoms with Gasteiger partial charge in [0.2, 0.25) is 0 Å². The van der Waals surface area contributed by atoms with Crippen LogP contribution in [0.3, 0.4) is 0 Å². The highest BCUT2D eigenvalue weighted by molar-refractivity contribution is 6.35. The minimum atomic E-state index is -0.450. The summed E-state index contributed by atoms with van der Waals surface area (Å²) in [4.78, 5) is 14.7. The molecule has 0 saturated carbocycles. The fraction of sp³-hybridized carbons (Fsp3) is 0.250. The molecule has 2 aromatic rings. The molecule has 0 aliphatic carbocycles. The van der Waals surface area contributed by atoms with Gasteiger partial charge in [0.15, 0.2) is 5.43 Å². The number of aryl methyl sites for hydroxylation is 1. The van der Waals surface area contributed by atoms with Crippen molar-refractivity contribution in [2.45, 2.75) is 19.8 Å². The summed E-state index contributed by atoms with van der Waals surface area (Å²) in [5.74, 6) is -0.450. The molecule has 16 heavy (non-hydrogen) atoms. The topological polar surface area (TPSA) is 32.9 Å². The highest BCUT2D eigenvalue weighted by atomic mass is 35.5. The standard InChI is InChI=1S/C12H11ClFNO/c1-2-3-7-6-10(16)11-8(13)4-5-9(14)12(11)15-7/h4-6H,2-3H2,1H3,(H,15,16). The average molecular weight is 240 g/mol. The molecule has 0 bridgehead atoms. The van der Waals surface area contributed by atoms with Gasteiger partial charge in [-0.05, 0) is 18.6 Å². The van der Waals surface area contributed by atoms with E-state index in [1.807, 2.05) is 6.92 Å². The molecule has 0 aliphatic heterocycles. The Morgan fingerprint density at radius 1 is 1.44 bits per heavy atom. The van der Waals surface area contributed by atoms with E-state index in [4.69, 9.17) is 11.6 Å². The largest absolute Gasteiger partial charge is 0.356 e. The molecule has 0 radical (unpaired) electrons. The second-order valence-corrected chi connectivity index (χ2v) is 4.10. The molecule has 0 fully saturated rings. The highest BCUT2D eigenvalue weighted by Gasteiger charge is 2.09. The minimum absolute atomic E-state index is 0.198. The number of aromatic nitrogens is 1. The van der Waals surface area contributed by atoms with Crippen LogP contribution in [0.15, 0.2) is 23.0 Å².